The monoisotopic (exact) mass is 170 g/mol. The van der Waals surface area contributed by atoms with Gasteiger partial charge in [0, 0.05) is 6.20 Å². The Morgan fingerprint density at radius 1 is 1.42 bits per heavy atom. The second-order valence-corrected chi connectivity index (χ2v) is 2.05. The summed E-state index contributed by atoms with van der Waals surface area (Å²) in [6.45, 7) is 5.91. The third-order valence-corrected chi connectivity index (χ3v) is 1.40. The van der Waals surface area contributed by atoms with Crippen molar-refractivity contribution in [2.45, 2.75) is 27.2 Å². The summed E-state index contributed by atoms with van der Waals surface area (Å²) in [7, 11) is 0. The van der Waals surface area contributed by atoms with Gasteiger partial charge >= 0.3 is 0 Å². The Kier molecular flexibility index (Phi) is 5.00. The first-order valence-electron chi connectivity index (χ1n) is 4.13. The number of rotatable bonds is 1. The Hall–Kier alpha value is -1.12. The quantitative estimate of drug-likeness (QED) is 0.702. The van der Waals surface area contributed by atoms with Crippen LogP contribution in [0.2, 0.25) is 0 Å². The number of halogens is 1. The molecular weight excluding hydrogens is 155 g/mol. The van der Waals surface area contributed by atoms with Crippen LogP contribution in [-0.2, 0) is 6.42 Å². The second kappa shape index (κ2) is 5.52. The third-order valence-electron chi connectivity index (χ3n) is 1.40. The van der Waals surface area contributed by atoms with Crippen LogP contribution >= 0.6 is 0 Å². The summed E-state index contributed by atoms with van der Waals surface area (Å²) in [5.74, 6) is -0.431. The van der Waals surface area contributed by atoms with Gasteiger partial charge in [-0.3, -0.25) is 4.98 Å². The number of pyridine rings is 1. The molecule has 1 aromatic heterocycles. The van der Waals surface area contributed by atoms with Crippen molar-refractivity contribution in [2.24, 2.45) is 0 Å². The maximum atomic E-state index is 12.6. The van der Waals surface area contributed by atoms with E-state index in [9.17, 15) is 4.39 Å². The van der Waals surface area contributed by atoms with Gasteiger partial charge in [0.25, 0.3) is 0 Å². The number of anilines is 1. The van der Waals surface area contributed by atoms with Crippen LogP contribution in [0.15, 0.2) is 12.4 Å². The molecule has 3 heteroatoms. The molecule has 0 saturated heterocycles. The van der Waals surface area contributed by atoms with E-state index in [4.69, 9.17) is 5.73 Å². The Balaban J connectivity index is 0.000000561. The summed E-state index contributed by atoms with van der Waals surface area (Å²) in [6.07, 6.45) is 3.42. The van der Waals surface area contributed by atoms with Crippen molar-refractivity contribution in [3.8, 4) is 0 Å². The van der Waals surface area contributed by atoms with E-state index in [2.05, 4.69) is 4.98 Å². The molecule has 0 saturated carbocycles. The molecule has 2 nitrogen and oxygen atoms in total. The summed E-state index contributed by atoms with van der Waals surface area (Å²) in [5, 5.41) is 0. The number of nitrogen functional groups attached to an aromatic ring is 1. The lowest BCUT2D eigenvalue weighted by Gasteiger charge is -2.00. The molecule has 0 fully saturated rings. The van der Waals surface area contributed by atoms with E-state index in [1.807, 2.05) is 20.8 Å². The maximum absolute atomic E-state index is 12.6. The molecule has 2 N–H and O–H groups in total. The van der Waals surface area contributed by atoms with Crippen molar-refractivity contribution in [1.29, 1.82) is 0 Å². The first-order chi connectivity index (χ1) is 5.75. The zero-order valence-corrected chi connectivity index (χ0v) is 7.76. The van der Waals surface area contributed by atoms with E-state index in [0.717, 1.165) is 18.2 Å². The van der Waals surface area contributed by atoms with Gasteiger partial charge in [0.05, 0.1) is 11.9 Å². The van der Waals surface area contributed by atoms with Crippen molar-refractivity contribution in [3.05, 3.63) is 23.8 Å². The van der Waals surface area contributed by atoms with Gasteiger partial charge in [-0.05, 0) is 12.0 Å². The van der Waals surface area contributed by atoms with Crippen LogP contribution in [0.5, 0.6) is 0 Å². The number of nitrogens with zero attached hydrogens (tertiary/aromatic N) is 1. The smallest absolute Gasteiger partial charge is 0.164 e. The Morgan fingerprint density at radius 2 is 2.00 bits per heavy atom. The van der Waals surface area contributed by atoms with Gasteiger partial charge in [-0.15, -0.1) is 0 Å². The molecule has 12 heavy (non-hydrogen) atoms. The molecule has 0 unspecified atom stereocenters. The van der Waals surface area contributed by atoms with Crippen LogP contribution in [0.25, 0.3) is 0 Å². The molecule has 68 valence electrons. The lowest BCUT2D eigenvalue weighted by atomic mass is 10.2. The Bertz CT molecular complexity index is 236. The van der Waals surface area contributed by atoms with Gasteiger partial charge in [-0.25, -0.2) is 4.39 Å². The van der Waals surface area contributed by atoms with Crippen LogP contribution in [0.3, 0.4) is 0 Å². The first kappa shape index (κ1) is 10.9. The zero-order chi connectivity index (χ0) is 9.56. The standard InChI is InChI=1S/C7H9FN2.C2H6/c1-2-5-3-10-4-6(8)7(5)9;1-2/h3-4H,2H2,1H3,(H2,9,10);1-2H3. The topological polar surface area (TPSA) is 38.9 Å². The van der Waals surface area contributed by atoms with E-state index in [0.29, 0.717) is 0 Å². The molecule has 1 heterocycles. The van der Waals surface area contributed by atoms with E-state index >= 15 is 0 Å². The number of aryl methyl sites for hydroxylation is 1. The largest absolute Gasteiger partial charge is 0.396 e. The molecule has 0 aliphatic rings. The fourth-order valence-corrected chi connectivity index (χ4v) is 0.767. The molecule has 0 bridgehead atoms. The van der Waals surface area contributed by atoms with Crippen LogP contribution in [0.1, 0.15) is 26.3 Å². The lowest BCUT2D eigenvalue weighted by Crippen LogP contribution is -1.97. The SMILES string of the molecule is CC.CCc1cncc(F)c1N. The van der Waals surface area contributed by atoms with E-state index < -0.39 is 5.82 Å². The van der Waals surface area contributed by atoms with Crippen molar-refractivity contribution in [2.75, 3.05) is 5.73 Å². The minimum absolute atomic E-state index is 0.220. The molecule has 0 aliphatic heterocycles. The summed E-state index contributed by atoms with van der Waals surface area (Å²) < 4.78 is 12.6. The summed E-state index contributed by atoms with van der Waals surface area (Å²) in [5.41, 5.74) is 6.36. The van der Waals surface area contributed by atoms with Crippen molar-refractivity contribution >= 4 is 5.69 Å². The van der Waals surface area contributed by atoms with Gasteiger partial charge in [-0.1, -0.05) is 20.8 Å². The highest BCUT2D eigenvalue weighted by Crippen LogP contribution is 2.13. The van der Waals surface area contributed by atoms with Crippen LogP contribution in [-0.4, -0.2) is 4.98 Å². The van der Waals surface area contributed by atoms with Crippen LogP contribution in [0.4, 0.5) is 10.1 Å². The molecule has 0 amide bonds. The lowest BCUT2D eigenvalue weighted by molar-refractivity contribution is 0.624. The second-order valence-electron chi connectivity index (χ2n) is 2.05. The normalized spacial score (nSPS) is 8.67. The molecule has 1 rings (SSSR count). The third kappa shape index (κ3) is 2.49. The fraction of sp³-hybridized carbons (Fsp3) is 0.444. The molecule has 0 aromatic carbocycles. The predicted octanol–water partition coefficient (Wildman–Crippen LogP) is 2.39. The molecule has 0 aliphatic carbocycles. The summed E-state index contributed by atoms with van der Waals surface area (Å²) in [4.78, 5) is 3.66. The number of aromatic nitrogens is 1. The van der Waals surface area contributed by atoms with Gasteiger partial charge in [0.2, 0.25) is 0 Å². The number of hydrogen-bond donors (Lipinski definition) is 1. The molecule has 0 radical (unpaired) electrons. The average molecular weight is 170 g/mol. The fourth-order valence-electron chi connectivity index (χ4n) is 0.767. The molecule has 0 spiro atoms. The van der Waals surface area contributed by atoms with Crippen molar-refractivity contribution < 1.29 is 4.39 Å². The van der Waals surface area contributed by atoms with Gasteiger partial charge < -0.3 is 5.73 Å². The molecular formula is C9H15FN2. The van der Waals surface area contributed by atoms with E-state index in [1.165, 1.54) is 0 Å². The number of nitrogens with two attached hydrogens (primary N) is 1. The van der Waals surface area contributed by atoms with Crippen LogP contribution in [0, 0.1) is 5.82 Å². The van der Waals surface area contributed by atoms with E-state index in [-0.39, 0.29) is 5.69 Å². The minimum Gasteiger partial charge on any atom is -0.396 e. The van der Waals surface area contributed by atoms with Crippen molar-refractivity contribution in [3.63, 3.8) is 0 Å². The van der Waals surface area contributed by atoms with Crippen LogP contribution < -0.4 is 5.73 Å². The predicted molar refractivity (Wildman–Crippen MR) is 49.3 cm³/mol. The summed E-state index contributed by atoms with van der Waals surface area (Å²) >= 11 is 0. The highest BCUT2D eigenvalue weighted by molar-refractivity contribution is 5.45. The van der Waals surface area contributed by atoms with Gasteiger partial charge in [0.1, 0.15) is 0 Å². The highest BCUT2D eigenvalue weighted by atomic mass is 19.1. The highest BCUT2D eigenvalue weighted by Gasteiger charge is 2.01. The minimum atomic E-state index is -0.431. The zero-order valence-electron chi connectivity index (χ0n) is 7.76. The maximum Gasteiger partial charge on any atom is 0.164 e. The molecule has 0 atom stereocenters. The van der Waals surface area contributed by atoms with Crippen molar-refractivity contribution in [1.82, 2.24) is 4.98 Å². The average Bonchev–Trinajstić information content (AvgIpc) is 2.13. The first-order valence-corrected chi connectivity index (χ1v) is 4.13. The van der Waals surface area contributed by atoms with Gasteiger partial charge in [0.15, 0.2) is 5.82 Å². The van der Waals surface area contributed by atoms with E-state index in [1.54, 1.807) is 6.20 Å². The Labute approximate surface area is 72.6 Å². The summed E-state index contributed by atoms with van der Waals surface area (Å²) in [6, 6.07) is 0. The Morgan fingerprint density at radius 3 is 2.42 bits per heavy atom. The van der Waals surface area contributed by atoms with Gasteiger partial charge in [-0.2, -0.15) is 0 Å². The molecule has 1 aromatic rings. The number of hydrogen-bond acceptors (Lipinski definition) is 2.